The molecular formula is C58H38N4. The van der Waals surface area contributed by atoms with Crippen molar-refractivity contribution in [1.82, 2.24) is 15.0 Å². The number of hydrogen-bond donors (Lipinski definition) is 0. The number of benzene rings is 9. The Labute approximate surface area is 361 Å². The van der Waals surface area contributed by atoms with Gasteiger partial charge in [0.1, 0.15) is 0 Å². The number of anilines is 3. The zero-order valence-electron chi connectivity index (χ0n) is 33.7. The summed E-state index contributed by atoms with van der Waals surface area (Å²) in [6.07, 6.45) is 0. The first kappa shape index (κ1) is 35.7. The van der Waals surface area contributed by atoms with Crippen molar-refractivity contribution < 1.29 is 0 Å². The fourth-order valence-corrected chi connectivity index (χ4v) is 9.78. The van der Waals surface area contributed by atoms with Crippen molar-refractivity contribution in [3.05, 3.63) is 253 Å². The average molecular weight is 791 g/mol. The second-order valence-electron chi connectivity index (χ2n) is 16.0. The fourth-order valence-electron chi connectivity index (χ4n) is 9.78. The summed E-state index contributed by atoms with van der Waals surface area (Å²) in [6, 6.07) is 82.4. The normalized spacial score (nSPS) is 12.9. The Morgan fingerprint density at radius 1 is 0.274 bits per heavy atom. The molecule has 1 spiro atoms. The van der Waals surface area contributed by atoms with Crippen LogP contribution in [0.15, 0.2) is 231 Å². The number of rotatable bonds is 6. The van der Waals surface area contributed by atoms with Crippen LogP contribution in [0.2, 0.25) is 0 Å². The van der Waals surface area contributed by atoms with E-state index in [1.165, 1.54) is 44.6 Å². The zero-order valence-corrected chi connectivity index (χ0v) is 33.7. The first-order valence-electron chi connectivity index (χ1n) is 21.1. The van der Waals surface area contributed by atoms with Gasteiger partial charge >= 0.3 is 0 Å². The van der Waals surface area contributed by atoms with Crippen LogP contribution < -0.4 is 4.90 Å². The van der Waals surface area contributed by atoms with Gasteiger partial charge in [-0.05, 0) is 86.0 Å². The lowest BCUT2D eigenvalue weighted by Crippen LogP contribution is -2.36. The van der Waals surface area contributed by atoms with Gasteiger partial charge in [0.05, 0.1) is 16.8 Å². The molecule has 4 heteroatoms. The molecule has 0 atom stereocenters. The van der Waals surface area contributed by atoms with Crippen LogP contribution in [0.5, 0.6) is 0 Å². The van der Waals surface area contributed by atoms with E-state index in [2.05, 4.69) is 211 Å². The van der Waals surface area contributed by atoms with Gasteiger partial charge in [-0.25, -0.2) is 15.0 Å². The van der Waals surface area contributed by atoms with Crippen LogP contribution in [0.1, 0.15) is 22.3 Å². The number of nitrogens with zero attached hydrogens (tertiary/aromatic N) is 4. The highest BCUT2D eigenvalue weighted by molar-refractivity contribution is 5.97. The van der Waals surface area contributed by atoms with Crippen LogP contribution in [-0.4, -0.2) is 15.0 Å². The number of hydrogen-bond acceptors (Lipinski definition) is 4. The molecule has 0 bridgehead atoms. The number of fused-ring (bicyclic) bond motifs is 9. The van der Waals surface area contributed by atoms with Crippen LogP contribution in [0, 0.1) is 0 Å². The van der Waals surface area contributed by atoms with Crippen molar-refractivity contribution in [2.45, 2.75) is 5.41 Å². The first-order valence-corrected chi connectivity index (χ1v) is 21.1. The minimum Gasteiger partial charge on any atom is -0.310 e. The van der Waals surface area contributed by atoms with E-state index in [4.69, 9.17) is 15.0 Å². The summed E-state index contributed by atoms with van der Waals surface area (Å²) < 4.78 is 0. The number of aromatic nitrogens is 3. The van der Waals surface area contributed by atoms with Crippen LogP contribution in [0.4, 0.5) is 17.1 Å². The molecule has 1 aromatic heterocycles. The Balaban J connectivity index is 1.02. The lowest BCUT2D eigenvalue weighted by molar-refractivity contribution is 0.753. The third kappa shape index (κ3) is 5.65. The van der Waals surface area contributed by atoms with Crippen molar-refractivity contribution in [1.29, 1.82) is 0 Å². The van der Waals surface area contributed by atoms with Gasteiger partial charge in [-0.1, -0.05) is 200 Å². The Morgan fingerprint density at radius 3 is 1.35 bits per heavy atom. The van der Waals surface area contributed by atoms with E-state index < -0.39 is 5.41 Å². The highest BCUT2D eigenvalue weighted by Crippen LogP contribution is 2.63. The molecule has 1 aliphatic carbocycles. The van der Waals surface area contributed by atoms with E-state index in [0.29, 0.717) is 17.5 Å². The lowest BCUT2D eigenvalue weighted by atomic mass is 9.64. The van der Waals surface area contributed by atoms with Gasteiger partial charge in [-0.15, -0.1) is 0 Å². The van der Waals surface area contributed by atoms with Gasteiger partial charge in [-0.2, -0.15) is 0 Å². The monoisotopic (exact) mass is 790 g/mol. The van der Waals surface area contributed by atoms with Gasteiger partial charge in [0.25, 0.3) is 0 Å². The molecule has 0 N–H and O–H groups in total. The first-order chi connectivity index (χ1) is 30.7. The molecule has 0 amide bonds. The second-order valence-corrected chi connectivity index (χ2v) is 16.0. The standard InChI is InChI=1S/C58H38N4/c1-4-17-39(18-5-1)40-31-33-42(34-32-40)56-59-55(41-19-6-2-7-20-41)60-57(61-56)45-22-16-21-43(37-45)44-35-36-52-54(38-44)62(46-23-8-3-9-24-46)53-30-15-14-29-51(53)58(52)49-27-12-10-25-47(49)48-26-11-13-28-50(48)58/h1-38H. The Kier molecular flexibility index (Phi) is 8.36. The van der Waals surface area contributed by atoms with Gasteiger partial charge < -0.3 is 4.90 Å². The number of para-hydroxylation sites is 2. The third-order valence-electron chi connectivity index (χ3n) is 12.5. The molecule has 10 aromatic rings. The van der Waals surface area contributed by atoms with Gasteiger partial charge in [0.15, 0.2) is 17.5 Å². The summed E-state index contributed by atoms with van der Waals surface area (Å²) in [5.74, 6) is 1.89. The molecule has 62 heavy (non-hydrogen) atoms. The summed E-state index contributed by atoms with van der Waals surface area (Å²) in [5, 5.41) is 0. The molecular weight excluding hydrogens is 753 g/mol. The Bertz CT molecular complexity index is 3240. The third-order valence-corrected chi connectivity index (χ3v) is 12.5. The molecule has 290 valence electrons. The van der Waals surface area contributed by atoms with Gasteiger partial charge in [0.2, 0.25) is 0 Å². The quantitative estimate of drug-likeness (QED) is 0.168. The molecule has 0 unspecified atom stereocenters. The molecule has 2 heterocycles. The van der Waals surface area contributed by atoms with Crippen molar-refractivity contribution in [3.8, 4) is 67.5 Å². The summed E-state index contributed by atoms with van der Waals surface area (Å²) >= 11 is 0. The van der Waals surface area contributed by atoms with Crippen LogP contribution >= 0.6 is 0 Å². The second kappa shape index (κ2) is 14.5. The largest absolute Gasteiger partial charge is 0.310 e. The summed E-state index contributed by atoms with van der Waals surface area (Å²) in [5.41, 5.74) is 18.0. The topological polar surface area (TPSA) is 41.9 Å². The molecule has 9 aromatic carbocycles. The smallest absolute Gasteiger partial charge is 0.164 e. The molecule has 1 aliphatic heterocycles. The van der Waals surface area contributed by atoms with E-state index in [-0.39, 0.29) is 0 Å². The Hall–Kier alpha value is -8.21. The summed E-state index contributed by atoms with van der Waals surface area (Å²) in [7, 11) is 0. The molecule has 4 nitrogen and oxygen atoms in total. The minimum atomic E-state index is -0.501. The molecule has 0 fully saturated rings. The predicted molar refractivity (Wildman–Crippen MR) is 253 cm³/mol. The zero-order chi connectivity index (χ0) is 41.0. The van der Waals surface area contributed by atoms with E-state index in [9.17, 15) is 0 Å². The highest BCUT2D eigenvalue weighted by atomic mass is 15.2. The maximum Gasteiger partial charge on any atom is 0.164 e. The Morgan fingerprint density at radius 2 is 0.694 bits per heavy atom. The van der Waals surface area contributed by atoms with E-state index in [1.807, 2.05) is 24.3 Å². The van der Waals surface area contributed by atoms with Crippen molar-refractivity contribution in [3.63, 3.8) is 0 Å². The van der Waals surface area contributed by atoms with Gasteiger partial charge in [0, 0.05) is 22.4 Å². The molecule has 2 aliphatic rings. The molecule has 0 saturated heterocycles. The molecule has 0 saturated carbocycles. The highest BCUT2D eigenvalue weighted by Gasteiger charge is 2.51. The van der Waals surface area contributed by atoms with Crippen LogP contribution in [-0.2, 0) is 5.41 Å². The molecule has 12 rings (SSSR count). The average Bonchev–Trinajstić information content (AvgIpc) is 3.65. The minimum absolute atomic E-state index is 0.501. The maximum absolute atomic E-state index is 5.14. The SMILES string of the molecule is c1ccc(-c2ccc(-c3nc(-c4ccccc4)nc(-c4cccc(-c5ccc6c(c5)N(c5ccccc5)c5ccccc5C65c6ccccc6-c6ccccc65)c4)n3)cc2)cc1. The van der Waals surface area contributed by atoms with Crippen LogP contribution in [0.25, 0.3) is 67.5 Å². The molecule has 0 radical (unpaired) electrons. The van der Waals surface area contributed by atoms with Crippen molar-refractivity contribution in [2.24, 2.45) is 0 Å². The van der Waals surface area contributed by atoms with E-state index in [1.54, 1.807) is 0 Å². The van der Waals surface area contributed by atoms with Crippen molar-refractivity contribution in [2.75, 3.05) is 4.90 Å². The maximum atomic E-state index is 5.14. The summed E-state index contributed by atoms with van der Waals surface area (Å²) in [6.45, 7) is 0. The van der Waals surface area contributed by atoms with Crippen LogP contribution in [0.3, 0.4) is 0 Å². The van der Waals surface area contributed by atoms with Crippen molar-refractivity contribution >= 4 is 17.1 Å². The summed E-state index contributed by atoms with van der Waals surface area (Å²) in [4.78, 5) is 17.7. The van der Waals surface area contributed by atoms with Gasteiger partial charge in [-0.3, -0.25) is 0 Å². The van der Waals surface area contributed by atoms with E-state index >= 15 is 0 Å². The predicted octanol–water partition coefficient (Wildman–Crippen LogP) is 14.4. The lowest BCUT2D eigenvalue weighted by Gasteiger charge is -2.45. The fraction of sp³-hybridized carbons (Fsp3) is 0.0172. The van der Waals surface area contributed by atoms with E-state index in [0.717, 1.165) is 44.8 Å².